The van der Waals surface area contributed by atoms with Crippen molar-refractivity contribution in [3.05, 3.63) is 71.8 Å². The van der Waals surface area contributed by atoms with E-state index in [2.05, 4.69) is 4.90 Å². The van der Waals surface area contributed by atoms with Crippen LogP contribution >= 0.6 is 0 Å². The zero-order valence-electron chi connectivity index (χ0n) is 14.2. The summed E-state index contributed by atoms with van der Waals surface area (Å²) in [5, 5.41) is 0. The molecule has 5 nitrogen and oxygen atoms in total. The summed E-state index contributed by atoms with van der Waals surface area (Å²) < 4.78 is 11.7. The molecule has 26 heavy (non-hydrogen) atoms. The van der Waals surface area contributed by atoms with Gasteiger partial charge >= 0.3 is 5.97 Å². The van der Waals surface area contributed by atoms with Gasteiger partial charge in [-0.25, -0.2) is 0 Å². The summed E-state index contributed by atoms with van der Waals surface area (Å²) in [6.45, 7) is 2.08. The van der Waals surface area contributed by atoms with Crippen LogP contribution in [0.3, 0.4) is 0 Å². The zero-order chi connectivity index (χ0) is 17.7. The highest BCUT2D eigenvalue weighted by Gasteiger charge is 2.66. The van der Waals surface area contributed by atoms with E-state index >= 15 is 0 Å². The third-order valence-corrected chi connectivity index (χ3v) is 5.82. The molecule has 0 aromatic heterocycles. The van der Waals surface area contributed by atoms with Gasteiger partial charge in [-0.3, -0.25) is 14.5 Å². The summed E-state index contributed by atoms with van der Waals surface area (Å²) in [5.41, 5.74) is 1.04. The fraction of sp³-hybridized carbons (Fsp3) is 0.333. The van der Waals surface area contributed by atoms with Crippen LogP contribution in [0.1, 0.15) is 17.2 Å². The van der Waals surface area contributed by atoms with E-state index in [0.717, 1.165) is 17.7 Å². The second-order valence-corrected chi connectivity index (χ2v) is 7.07. The number of rotatable bonds is 3. The van der Waals surface area contributed by atoms with Gasteiger partial charge in [0.05, 0.1) is 6.61 Å². The van der Waals surface area contributed by atoms with Crippen LogP contribution in [0.25, 0.3) is 0 Å². The Morgan fingerprint density at radius 1 is 0.962 bits per heavy atom. The van der Waals surface area contributed by atoms with Crippen LogP contribution in [0.4, 0.5) is 0 Å². The minimum absolute atomic E-state index is 0.156. The molecule has 2 aromatic carbocycles. The summed E-state index contributed by atoms with van der Waals surface area (Å²) >= 11 is 0. The predicted molar refractivity (Wildman–Crippen MR) is 92.9 cm³/mol. The highest BCUT2D eigenvalue weighted by molar-refractivity contribution is 6.07. The van der Waals surface area contributed by atoms with Gasteiger partial charge in [-0.1, -0.05) is 60.7 Å². The number of Topliss-reactive ketones (excluding diaryl/α,β-unsaturated/α-hetero) is 1. The Labute approximate surface area is 151 Å². The van der Waals surface area contributed by atoms with Gasteiger partial charge in [0.2, 0.25) is 0 Å². The molecule has 3 saturated heterocycles. The molecule has 3 aliphatic heterocycles. The number of fused-ring (bicyclic) bond motifs is 1. The minimum atomic E-state index is -0.808. The van der Waals surface area contributed by atoms with E-state index in [1.54, 1.807) is 0 Å². The third kappa shape index (κ3) is 2.04. The highest BCUT2D eigenvalue weighted by Crippen LogP contribution is 2.54. The van der Waals surface area contributed by atoms with Crippen LogP contribution in [0.15, 0.2) is 60.7 Å². The molecule has 0 spiro atoms. The van der Waals surface area contributed by atoms with Gasteiger partial charge in [-0.2, -0.15) is 0 Å². The predicted octanol–water partition coefficient (Wildman–Crippen LogP) is 2.28. The number of carbonyl (C=O) groups is 2. The maximum atomic E-state index is 13.1. The lowest BCUT2D eigenvalue weighted by atomic mass is 9.70. The molecule has 3 heterocycles. The molecule has 5 rings (SSSR count). The molecule has 3 fully saturated rings. The standard InChI is InChI=1S/C21H19NO4/c23-18-17(20(24)26-19(18)14-7-3-1-4-8-14)16-13-22-11-12-25-21(16,22)15-9-5-2-6-10-15/h1-10,16-17,19H,11-13H2. The molecule has 0 saturated carbocycles. The quantitative estimate of drug-likeness (QED) is 0.629. The summed E-state index contributed by atoms with van der Waals surface area (Å²) in [6.07, 6.45) is -0.808. The van der Waals surface area contributed by atoms with Crippen molar-refractivity contribution in [2.24, 2.45) is 11.8 Å². The van der Waals surface area contributed by atoms with E-state index in [-0.39, 0.29) is 11.7 Å². The molecular weight excluding hydrogens is 330 g/mol. The van der Waals surface area contributed by atoms with Gasteiger partial charge in [-0.15, -0.1) is 0 Å². The maximum Gasteiger partial charge on any atom is 0.318 e. The second-order valence-electron chi connectivity index (χ2n) is 7.07. The Morgan fingerprint density at radius 2 is 1.65 bits per heavy atom. The Morgan fingerprint density at radius 3 is 2.35 bits per heavy atom. The third-order valence-electron chi connectivity index (χ3n) is 5.82. The number of carbonyl (C=O) groups excluding carboxylic acids is 2. The lowest BCUT2D eigenvalue weighted by molar-refractivity contribution is -0.224. The first-order chi connectivity index (χ1) is 12.7. The van der Waals surface area contributed by atoms with Crippen molar-refractivity contribution in [3.63, 3.8) is 0 Å². The van der Waals surface area contributed by atoms with E-state index < -0.39 is 23.7 Å². The van der Waals surface area contributed by atoms with Crippen LogP contribution in [0, 0.1) is 11.8 Å². The number of nitrogens with zero attached hydrogens (tertiary/aromatic N) is 1. The number of ketones is 1. The molecule has 3 aliphatic rings. The van der Waals surface area contributed by atoms with E-state index in [9.17, 15) is 9.59 Å². The van der Waals surface area contributed by atoms with Crippen molar-refractivity contribution in [2.45, 2.75) is 11.8 Å². The fourth-order valence-electron chi connectivity index (χ4n) is 4.62. The molecule has 4 atom stereocenters. The van der Waals surface area contributed by atoms with Gasteiger partial charge < -0.3 is 9.47 Å². The van der Waals surface area contributed by atoms with Crippen molar-refractivity contribution < 1.29 is 19.1 Å². The van der Waals surface area contributed by atoms with E-state index in [1.165, 1.54) is 0 Å². The van der Waals surface area contributed by atoms with Crippen molar-refractivity contribution in [3.8, 4) is 0 Å². The van der Waals surface area contributed by atoms with Crippen molar-refractivity contribution >= 4 is 11.8 Å². The summed E-state index contributed by atoms with van der Waals surface area (Å²) in [5.74, 6) is -1.59. The van der Waals surface area contributed by atoms with Gasteiger partial charge in [0.1, 0.15) is 5.92 Å². The van der Waals surface area contributed by atoms with Crippen LogP contribution in [0.2, 0.25) is 0 Å². The minimum Gasteiger partial charge on any atom is -0.449 e. The molecule has 0 radical (unpaired) electrons. The van der Waals surface area contributed by atoms with Crippen molar-refractivity contribution in [1.29, 1.82) is 0 Å². The highest BCUT2D eigenvalue weighted by atomic mass is 16.6. The Kier molecular flexibility index (Phi) is 3.48. The molecule has 2 aromatic rings. The first-order valence-corrected chi connectivity index (χ1v) is 8.95. The lowest BCUT2D eigenvalue weighted by Gasteiger charge is -2.54. The topological polar surface area (TPSA) is 55.8 Å². The van der Waals surface area contributed by atoms with Crippen LogP contribution in [-0.2, 0) is 24.8 Å². The Hall–Kier alpha value is -2.50. The molecule has 0 bridgehead atoms. The van der Waals surface area contributed by atoms with Crippen LogP contribution in [0.5, 0.6) is 0 Å². The van der Waals surface area contributed by atoms with Gasteiger partial charge in [0.15, 0.2) is 17.6 Å². The van der Waals surface area contributed by atoms with Gasteiger partial charge in [0, 0.05) is 24.6 Å². The molecular formula is C21H19NO4. The average Bonchev–Trinajstić information content (AvgIpc) is 3.15. The smallest absolute Gasteiger partial charge is 0.318 e. The number of benzene rings is 2. The Balaban J connectivity index is 1.50. The number of hydrogen-bond acceptors (Lipinski definition) is 5. The number of esters is 1. The van der Waals surface area contributed by atoms with E-state index in [4.69, 9.17) is 9.47 Å². The first kappa shape index (κ1) is 15.7. The van der Waals surface area contributed by atoms with Gasteiger partial charge in [-0.05, 0) is 5.56 Å². The van der Waals surface area contributed by atoms with Crippen molar-refractivity contribution in [1.82, 2.24) is 4.90 Å². The summed E-state index contributed by atoms with van der Waals surface area (Å²) in [4.78, 5) is 28.0. The zero-order valence-corrected chi connectivity index (χ0v) is 14.2. The number of hydrogen-bond donors (Lipinski definition) is 0. The SMILES string of the molecule is O=C1OC(c2ccccc2)C(=O)C1C1CN2CCOC12c1ccccc1. The van der Waals surface area contributed by atoms with Crippen LogP contribution < -0.4 is 0 Å². The van der Waals surface area contributed by atoms with Crippen molar-refractivity contribution in [2.75, 3.05) is 19.7 Å². The molecule has 0 N–H and O–H groups in total. The lowest BCUT2D eigenvalue weighted by Crippen LogP contribution is -2.65. The fourth-order valence-corrected chi connectivity index (χ4v) is 4.62. The second kappa shape index (κ2) is 5.76. The number of cyclic esters (lactones) is 1. The monoisotopic (exact) mass is 349 g/mol. The summed E-state index contributed by atoms with van der Waals surface area (Å²) in [7, 11) is 0. The van der Waals surface area contributed by atoms with E-state index in [0.29, 0.717) is 13.2 Å². The maximum absolute atomic E-state index is 13.1. The summed E-state index contributed by atoms with van der Waals surface area (Å²) in [6, 6.07) is 19.1. The molecule has 0 amide bonds. The molecule has 4 unspecified atom stereocenters. The van der Waals surface area contributed by atoms with E-state index in [1.807, 2.05) is 60.7 Å². The number of ether oxygens (including phenoxy) is 2. The molecule has 132 valence electrons. The molecule has 5 heteroatoms. The average molecular weight is 349 g/mol. The van der Waals surface area contributed by atoms with Crippen LogP contribution in [-0.4, -0.2) is 36.3 Å². The largest absolute Gasteiger partial charge is 0.449 e. The molecule has 0 aliphatic carbocycles. The first-order valence-electron chi connectivity index (χ1n) is 8.95. The Bertz CT molecular complexity index is 853. The van der Waals surface area contributed by atoms with Gasteiger partial charge in [0.25, 0.3) is 0 Å². The normalized spacial score (nSPS) is 33.6.